The van der Waals surface area contributed by atoms with Crippen molar-refractivity contribution < 1.29 is 19.1 Å². The average molecular weight is 238 g/mol. The number of carboxylic acid groups (broad SMARTS) is 1. The van der Waals surface area contributed by atoms with Gasteiger partial charge in [0.25, 0.3) is 0 Å². The van der Waals surface area contributed by atoms with Gasteiger partial charge in [0, 0.05) is 13.1 Å². The number of piperazine rings is 1. The first-order valence-corrected chi connectivity index (χ1v) is 5.41. The van der Waals surface area contributed by atoms with E-state index in [9.17, 15) is 9.59 Å². The van der Waals surface area contributed by atoms with Crippen molar-refractivity contribution in [3.63, 3.8) is 0 Å². The number of aromatic carboxylic acids is 1. The number of nitrogens with one attached hydrogen (secondary N) is 1. The highest BCUT2D eigenvalue weighted by Gasteiger charge is 2.27. The molecule has 0 aromatic carbocycles. The lowest BCUT2D eigenvalue weighted by atomic mass is 10.1. The molecule has 1 aliphatic heterocycles. The van der Waals surface area contributed by atoms with Crippen LogP contribution in [0.25, 0.3) is 0 Å². The average Bonchev–Trinajstić information content (AvgIpc) is 2.73. The molecule has 0 aliphatic carbocycles. The summed E-state index contributed by atoms with van der Waals surface area (Å²) >= 11 is 0. The van der Waals surface area contributed by atoms with E-state index in [-0.39, 0.29) is 17.5 Å². The van der Waals surface area contributed by atoms with Gasteiger partial charge in [-0.25, -0.2) is 4.79 Å². The van der Waals surface area contributed by atoms with Crippen LogP contribution in [0.5, 0.6) is 0 Å². The number of carbonyl (C=O) groups is 2. The molecule has 6 heteroatoms. The van der Waals surface area contributed by atoms with Gasteiger partial charge in [-0.2, -0.15) is 0 Å². The Labute approximate surface area is 98.2 Å². The predicted octanol–water partition coefficient (Wildman–Crippen LogP) is 0.298. The second-order valence-corrected chi connectivity index (χ2v) is 4.00. The number of amides is 1. The molecule has 2 N–H and O–H groups in total. The second kappa shape index (κ2) is 4.58. The lowest BCUT2D eigenvalue weighted by molar-refractivity contribution is -0.128. The standard InChI is InChI=1S/C11H14N2O4/c1-7-10(14)12-3-4-13(7)6-9-8(11(15)16)2-5-17-9/h2,5,7H,3-4,6H2,1H3,(H,12,14)(H,15,16). The predicted molar refractivity (Wildman–Crippen MR) is 58.5 cm³/mol. The smallest absolute Gasteiger partial charge is 0.339 e. The van der Waals surface area contributed by atoms with Crippen molar-refractivity contribution in [1.82, 2.24) is 10.2 Å². The number of rotatable bonds is 3. The minimum Gasteiger partial charge on any atom is -0.478 e. The molecule has 0 radical (unpaired) electrons. The first-order chi connectivity index (χ1) is 8.09. The Morgan fingerprint density at radius 1 is 1.71 bits per heavy atom. The molecule has 0 bridgehead atoms. The third-order valence-electron chi connectivity index (χ3n) is 2.95. The molecule has 1 unspecified atom stereocenters. The van der Waals surface area contributed by atoms with Crippen LogP contribution in [0.3, 0.4) is 0 Å². The van der Waals surface area contributed by atoms with E-state index in [1.54, 1.807) is 6.92 Å². The molecule has 0 spiro atoms. The van der Waals surface area contributed by atoms with E-state index >= 15 is 0 Å². The zero-order valence-electron chi connectivity index (χ0n) is 9.47. The van der Waals surface area contributed by atoms with E-state index in [1.807, 2.05) is 4.90 Å². The summed E-state index contributed by atoms with van der Waals surface area (Å²) in [4.78, 5) is 24.3. The van der Waals surface area contributed by atoms with Gasteiger partial charge in [0.2, 0.25) is 5.91 Å². The molecule has 1 amide bonds. The Hall–Kier alpha value is -1.82. The van der Waals surface area contributed by atoms with Gasteiger partial charge in [-0.05, 0) is 13.0 Å². The zero-order chi connectivity index (χ0) is 12.4. The number of carbonyl (C=O) groups excluding carboxylic acids is 1. The number of carboxylic acids is 1. The van der Waals surface area contributed by atoms with Crippen molar-refractivity contribution in [2.24, 2.45) is 0 Å². The maximum absolute atomic E-state index is 11.5. The molecular weight excluding hydrogens is 224 g/mol. The quantitative estimate of drug-likeness (QED) is 0.791. The topological polar surface area (TPSA) is 82.8 Å². The maximum atomic E-state index is 11.5. The van der Waals surface area contributed by atoms with Gasteiger partial charge in [-0.1, -0.05) is 0 Å². The minimum absolute atomic E-state index is 0.0420. The molecule has 1 atom stereocenters. The van der Waals surface area contributed by atoms with Crippen LogP contribution in [0.15, 0.2) is 16.7 Å². The minimum atomic E-state index is -1.01. The fourth-order valence-electron chi connectivity index (χ4n) is 1.88. The SMILES string of the molecule is CC1C(=O)NCCN1Cc1occc1C(=O)O. The van der Waals surface area contributed by atoms with Crippen molar-refractivity contribution in [2.75, 3.05) is 13.1 Å². The summed E-state index contributed by atoms with van der Waals surface area (Å²) in [6.45, 7) is 3.39. The maximum Gasteiger partial charge on any atom is 0.339 e. The van der Waals surface area contributed by atoms with Gasteiger partial charge in [-0.3, -0.25) is 9.69 Å². The summed E-state index contributed by atoms with van der Waals surface area (Å²) in [5.41, 5.74) is 0.156. The molecule has 92 valence electrons. The van der Waals surface area contributed by atoms with Gasteiger partial charge in [-0.15, -0.1) is 0 Å². The van der Waals surface area contributed by atoms with Crippen LogP contribution in [0.1, 0.15) is 23.0 Å². The Balaban J connectivity index is 2.12. The lowest BCUT2D eigenvalue weighted by Crippen LogP contribution is -2.53. The van der Waals surface area contributed by atoms with Gasteiger partial charge in [0.1, 0.15) is 11.3 Å². The molecule has 1 aliphatic rings. The van der Waals surface area contributed by atoms with E-state index in [4.69, 9.17) is 9.52 Å². The van der Waals surface area contributed by atoms with Crippen molar-refractivity contribution in [3.05, 3.63) is 23.7 Å². The van der Waals surface area contributed by atoms with Crippen molar-refractivity contribution >= 4 is 11.9 Å². The molecule has 1 aromatic rings. The number of furan rings is 1. The molecule has 0 saturated carbocycles. The number of hydrogen-bond donors (Lipinski definition) is 2. The first-order valence-electron chi connectivity index (χ1n) is 5.41. The summed E-state index contributed by atoms with van der Waals surface area (Å²) in [6.07, 6.45) is 1.35. The van der Waals surface area contributed by atoms with Crippen molar-refractivity contribution in [2.45, 2.75) is 19.5 Å². The van der Waals surface area contributed by atoms with Gasteiger partial charge in [0.15, 0.2) is 0 Å². The highest BCUT2D eigenvalue weighted by atomic mass is 16.4. The Kier molecular flexibility index (Phi) is 3.14. The number of nitrogens with zero attached hydrogens (tertiary/aromatic N) is 1. The van der Waals surface area contributed by atoms with E-state index in [1.165, 1.54) is 12.3 Å². The van der Waals surface area contributed by atoms with Gasteiger partial charge < -0.3 is 14.8 Å². The van der Waals surface area contributed by atoms with Crippen LogP contribution in [0.2, 0.25) is 0 Å². The monoisotopic (exact) mass is 238 g/mol. The highest BCUT2D eigenvalue weighted by Crippen LogP contribution is 2.16. The molecule has 17 heavy (non-hydrogen) atoms. The van der Waals surface area contributed by atoms with Crippen LogP contribution < -0.4 is 5.32 Å². The first kappa shape index (κ1) is 11.7. The molecule has 1 fully saturated rings. The summed E-state index contributed by atoms with van der Waals surface area (Å²) < 4.78 is 5.16. The van der Waals surface area contributed by atoms with Crippen LogP contribution in [0.4, 0.5) is 0 Å². The largest absolute Gasteiger partial charge is 0.478 e. The zero-order valence-corrected chi connectivity index (χ0v) is 9.47. The molecule has 2 rings (SSSR count). The van der Waals surface area contributed by atoms with E-state index in [2.05, 4.69) is 5.32 Å². The summed E-state index contributed by atoms with van der Waals surface area (Å²) in [6, 6.07) is 1.15. The molecule has 2 heterocycles. The molecule has 1 aromatic heterocycles. The van der Waals surface area contributed by atoms with Gasteiger partial charge >= 0.3 is 5.97 Å². The fraction of sp³-hybridized carbons (Fsp3) is 0.455. The summed E-state index contributed by atoms with van der Waals surface area (Å²) in [5.74, 6) is -0.665. The molecule has 6 nitrogen and oxygen atoms in total. The summed E-state index contributed by atoms with van der Waals surface area (Å²) in [7, 11) is 0. The van der Waals surface area contributed by atoms with Crippen LogP contribution >= 0.6 is 0 Å². The Morgan fingerprint density at radius 2 is 2.47 bits per heavy atom. The van der Waals surface area contributed by atoms with Crippen molar-refractivity contribution in [3.8, 4) is 0 Å². The van der Waals surface area contributed by atoms with Crippen molar-refractivity contribution in [1.29, 1.82) is 0 Å². The third kappa shape index (κ3) is 2.31. The third-order valence-corrected chi connectivity index (χ3v) is 2.95. The highest BCUT2D eigenvalue weighted by molar-refractivity contribution is 5.88. The Bertz CT molecular complexity index is 440. The van der Waals surface area contributed by atoms with E-state index in [0.717, 1.165) is 0 Å². The second-order valence-electron chi connectivity index (χ2n) is 4.00. The van der Waals surface area contributed by atoms with Crippen LogP contribution in [-0.2, 0) is 11.3 Å². The molecular formula is C11H14N2O4. The fourth-order valence-corrected chi connectivity index (χ4v) is 1.88. The Morgan fingerprint density at radius 3 is 3.18 bits per heavy atom. The van der Waals surface area contributed by atoms with E-state index in [0.29, 0.717) is 25.4 Å². The molecule has 1 saturated heterocycles. The lowest BCUT2D eigenvalue weighted by Gasteiger charge is -2.32. The van der Waals surface area contributed by atoms with Crippen LogP contribution in [-0.4, -0.2) is 41.0 Å². The number of hydrogen-bond acceptors (Lipinski definition) is 4. The summed E-state index contributed by atoms with van der Waals surface area (Å²) in [5, 5.41) is 11.7. The normalized spacial score (nSPS) is 21.2. The van der Waals surface area contributed by atoms with E-state index < -0.39 is 5.97 Å². The van der Waals surface area contributed by atoms with Gasteiger partial charge in [0.05, 0.1) is 18.8 Å². The van der Waals surface area contributed by atoms with Crippen LogP contribution in [0, 0.1) is 0 Å².